The van der Waals surface area contributed by atoms with Crippen LogP contribution in [0.5, 0.6) is 0 Å². The minimum absolute atomic E-state index is 0.249. The smallest absolute Gasteiger partial charge is 0.265 e. The third kappa shape index (κ3) is 2.27. The summed E-state index contributed by atoms with van der Waals surface area (Å²) in [5, 5.41) is 1.78. The fraction of sp³-hybridized carbons (Fsp3) is 0.217. The Kier molecular flexibility index (Phi) is 3.69. The largest absolute Gasteiger partial charge is 0.268 e. The second kappa shape index (κ2) is 5.80. The Bertz CT molecular complexity index is 1060. The molecule has 0 radical (unpaired) electrons. The van der Waals surface area contributed by atoms with Crippen molar-refractivity contribution in [3.8, 4) is 0 Å². The monoisotopic (exact) mass is 343 g/mol. The Morgan fingerprint density at radius 3 is 2.19 bits per heavy atom. The lowest BCUT2D eigenvalue weighted by Crippen LogP contribution is -2.41. The second-order valence-electron chi connectivity index (χ2n) is 7.32. The normalized spacial score (nSPS) is 13.8. The zero-order chi connectivity index (χ0) is 18.6. The number of nitrogens with zero attached hydrogens (tertiary/aromatic N) is 1. The number of imide groups is 1. The number of aryl methyl sites for hydroxylation is 2. The lowest BCUT2D eigenvalue weighted by atomic mass is 9.87. The van der Waals surface area contributed by atoms with Gasteiger partial charge in [-0.25, -0.2) is 4.90 Å². The molecule has 3 aromatic carbocycles. The summed E-state index contributed by atoms with van der Waals surface area (Å²) < 4.78 is 0. The molecule has 4 rings (SSSR count). The van der Waals surface area contributed by atoms with Gasteiger partial charge in [-0.15, -0.1) is 0 Å². The van der Waals surface area contributed by atoms with E-state index in [4.69, 9.17) is 0 Å². The summed E-state index contributed by atoms with van der Waals surface area (Å²) >= 11 is 0. The molecule has 130 valence electrons. The van der Waals surface area contributed by atoms with Gasteiger partial charge in [-0.2, -0.15) is 0 Å². The van der Waals surface area contributed by atoms with Crippen LogP contribution in [0.3, 0.4) is 0 Å². The van der Waals surface area contributed by atoms with Gasteiger partial charge in [0, 0.05) is 16.5 Å². The lowest BCUT2D eigenvalue weighted by molar-refractivity contribution is 0.0893. The summed E-state index contributed by atoms with van der Waals surface area (Å²) in [4.78, 5) is 27.8. The van der Waals surface area contributed by atoms with Crippen molar-refractivity contribution in [2.45, 2.75) is 33.6 Å². The van der Waals surface area contributed by atoms with Gasteiger partial charge in [0.15, 0.2) is 0 Å². The fourth-order valence-electron chi connectivity index (χ4n) is 3.90. The molecule has 1 aliphatic rings. The Hall–Kier alpha value is -2.94. The van der Waals surface area contributed by atoms with E-state index in [0.717, 1.165) is 27.5 Å². The standard InChI is InChI=1S/C23H21NO2/c1-13(2)16-9-10-19-21-17(16)6-5-7-18(21)22(25)24(23(19)26)20-11-8-14(3)12-15(20)4/h5-13H,1-4H3. The first kappa shape index (κ1) is 16.5. The number of hydrogen-bond donors (Lipinski definition) is 0. The Balaban J connectivity index is 1.99. The van der Waals surface area contributed by atoms with Crippen molar-refractivity contribution in [3.63, 3.8) is 0 Å². The highest BCUT2D eigenvalue weighted by molar-refractivity contribution is 6.36. The average Bonchev–Trinajstić information content (AvgIpc) is 2.60. The van der Waals surface area contributed by atoms with E-state index in [1.807, 2.05) is 62.4 Å². The molecule has 3 aromatic rings. The molecule has 3 heteroatoms. The minimum Gasteiger partial charge on any atom is -0.268 e. The van der Waals surface area contributed by atoms with E-state index in [-0.39, 0.29) is 11.8 Å². The molecule has 0 aliphatic carbocycles. The minimum atomic E-state index is -0.249. The average molecular weight is 343 g/mol. The quantitative estimate of drug-likeness (QED) is 0.586. The maximum atomic E-state index is 13.2. The zero-order valence-electron chi connectivity index (χ0n) is 15.5. The number of rotatable bonds is 2. The number of carbonyl (C=O) groups excluding carboxylic acids is 2. The van der Waals surface area contributed by atoms with Crippen molar-refractivity contribution in [1.29, 1.82) is 0 Å². The summed E-state index contributed by atoms with van der Waals surface area (Å²) in [6.45, 7) is 8.18. The molecule has 2 amide bonds. The SMILES string of the molecule is Cc1ccc(N2C(=O)c3cccc4c(C(C)C)ccc(c34)C2=O)c(C)c1. The maximum Gasteiger partial charge on any atom is 0.265 e. The molecule has 0 saturated heterocycles. The molecule has 26 heavy (non-hydrogen) atoms. The summed E-state index contributed by atoms with van der Waals surface area (Å²) in [6.07, 6.45) is 0. The van der Waals surface area contributed by atoms with E-state index < -0.39 is 0 Å². The number of anilines is 1. The van der Waals surface area contributed by atoms with Crippen LogP contribution < -0.4 is 4.90 Å². The van der Waals surface area contributed by atoms with E-state index in [0.29, 0.717) is 22.7 Å². The van der Waals surface area contributed by atoms with Gasteiger partial charge in [-0.3, -0.25) is 9.59 Å². The first-order chi connectivity index (χ1) is 12.4. The molecule has 3 nitrogen and oxygen atoms in total. The molecular weight excluding hydrogens is 322 g/mol. The van der Waals surface area contributed by atoms with Crippen molar-refractivity contribution >= 4 is 28.3 Å². The summed E-state index contributed by atoms with van der Waals surface area (Å²) in [5.41, 5.74) is 5.03. The van der Waals surface area contributed by atoms with Crippen LogP contribution in [-0.2, 0) is 0 Å². The maximum absolute atomic E-state index is 13.2. The zero-order valence-corrected chi connectivity index (χ0v) is 15.5. The van der Waals surface area contributed by atoms with Crippen LogP contribution in [0, 0.1) is 13.8 Å². The van der Waals surface area contributed by atoms with Crippen molar-refractivity contribution in [2.75, 3.05) is 4.90 Å². The number of amides is 2. The van der Waals surface area contributed by atoms with Crippen molar-refractivity contribution in [1.82, 2.24) is 0 Å². The van der Waals surface area contributed by atoms with Crippen molar-refractivity contribution in [3.05, 3.63) is 76.3 Å². The Morgan fingerprint density at radius 2 is 1.54 bits per heavy atom. The third-order valence-electron chi connectivity index (χ3n) is 5.16. The molecule has 0 atom stereocenters. The van der Waals surface area contributed by atoms with Crippen LogP contribution in [0.1, 0.15) is 57.2 Å². The molecule has 0 saturated carbocycles. The predicted octanol–water partition coefficient (Wildman–Crippen LogP) is 5.38. The molecule has 0 spiro atoms. The molecule has 1 heterocycles. The lowest BCUT2D eigenvalue weighted by Gasteiger charge is -2.29. The van der Waals surface area contributed by atoms with E-state index >= 15 is 0 Å². The summed E-state index contributed by atoms with van der Waals surface area (Å²) in [7, 11) is 0. The molecule has 0 bridgehead atoms. The van der Waals surface area contributed by atoms with Crippen LogP contribution in [0.25, 0.3) is 10.8 Å². The molecule has 0 aromatic heterocycles. The number of carbonyl (C=O) groups is 2. The molecule has 1 aliphatic heterocycles. The van der Waals surface area contributed by atoms with Gasteiger partial charge in [0.1, 0.15) is 0 Å². The summed E-state index contributed by atoms with van der Waals surface area (Å²) in [6, 6.07) is 15.4. The Labute approximate surface area is 153 Å². The van der Waals surface area contributed by atoms with Gasteiger partial charge in [-0.05, 0) is 54.5 Å². The topological polar surface area (TPSA) is 37.4 Å². The van der Waals surface area contributed by atoms with Crippen molar-refractivity contribution in [2.24, 2.45) is 0 Å². The Morgan fingerprint density at radius 1 is 0.846 bits per heavy atom. The highest BCUT2D eigenvalue weighted by Gasteiger charge is 2.35. The van der Waals surface area contributed by atoms with Crippen LogP contribution in [-0.4, -0.2) is 11.8 Å². The van der Waals surface area contributed by atoms with Crippen LogP contribution in [0.2, 0.25) is 0 Å². The number of hydrogen-bond acceptors (Lipinski definition) is 2. The van der Waals surface area contributed by atoms with Gasteiger partial charge in [0.25, 0.3) is 11.8 Å². The third-order valence-corrected chi connectivity index (χ3v) is 5.16. The van der Waals surface area contributed by atoms with Gasteiger partial charge in [-0.1, -0.05) is 49.7 Å². The van der Waals surface area contributed by atoms with Gasteiger partial charge in [0.05, 0.1) is 5.69 Å². The van der Waals surface area contributed by atoms with Gasteiger partial charge in [0.2, 0.25) is 0 Å². The van der Waals surface area contributed by atoms with E-state index in [2.05, 4.69) is 13.8 Å². The molecule has 0 fully saturated rings. The molecule has 0 N–H and O–H groups in total. The van der Waals surface area contributed by atoms with Gasteiger partial charge >= 0.3 is 0 Å². The number of benzene rings is 3. The predicted molar refractivity (Wildman–Crippen MR) is 105 cm³/mol. The highest BCUT2D eigenvalue weighted by Crippen LogP contribution is 2.37. The second-order valence-corrected chi connectivity index (χ2v) is 7.32. The molecule has 0 unspecified atom stereocenters. The fourth-order valence-corrected chi connectivity index (χ4v) is 3.90. The first-order valence-electron chi connectivity index (χ1n) is 8.92. The van der Waals surface area contributed by atoms with Crippen LogP contribution in [0.15, 0.2) is 48.5 Å². The van der Waals surface area contributed by atoms with E-state index in [1.54, 1.807) is 0 Å². The van der Waals surface area contributed by atoms with Crippen LogP contribution >= 0.6 is 0 Å². The summed E-state index contributed by atoms with van der Waals surface area (Å²) in [5.74, 6) is -0.177. The molecular formula is C23H21NO2. The first-order valence-corrected chi connectivity index (χ1v) is 8.92. The van der Waals surface area contributed by atoms with E-state index in [9.17, 15) is 9.59 Å². The highest BCUT2D eigenvalue weighted by atomic mass is 16.2. The van der Waals surface area contributed by atoms with E-state index in [1.165, 1.54) is 4.90 Å². The van der Waals surface area contributed by atoms with Gasteiger partial charge < -0.3 is 0 Å². The van der Waals surface area contributed by atoms with Crippen molar-refractivity contribution < 1.29 is 9.59 Å². The van der Waals surface area contributed by atoms with Crippen LogP contribution in [0.4, 0.5) is 5.69 Å².